The van der Waals surface area contributed by atoms with E-state index in [0.29, 0.717) is 6.42 Å². The molecule has 0 saturated carbocycles. The number of allylic oxidation sites excluding steroid dienone is 1. The summed E-state index contributed by atoms with van der Waals surface area (Å²) >= 11 is 0. The van der Waals surface area contributed by atoms with Crippen molar-refractivity contribution in [3.8, 4) is 0 Å². The van der Waals surface area contributed by atoms with Crippen LogP contribution in [0.4, 0.5) is 0 Å². The maximum atomic E-state index is 12.6. The highest BCUT2D eigenvalue weighted by atomic mass is 16.7. The SMILES string of the molecule is CCC/C=C/C(O)C(COC1OC(CO)C(OC2OC(CO)C(O)C(O)C2O)C(O)C1O)NC(=O)CCCCCCCC. The van der Waals surface area contributed by atoms with Gasteiger partial charge in [-0.3, -0.25) is 4.79 Å². The number of hydrogen-bond donors (Lipinski definition) is 9. The van der Waals surface area contributed by atoms with Crippen LogP contribution in [0.15, 0.2) is 12.2 Å². The highest BCUT2D eigenvalue weighted by Crippen LogP contribution is 2.29. The Morgan fingerprint density at radius 2 is 1.44 bits per heavy atom. The van der Waals surface area contributed by atoms with E-state index in [9.17, 15) is 45.6 Å². The van der Waals surface area contributed by atoms with Crippen LogP contribution in [-0.2, 0) is 23.7 Å². The molecule has 2 heterocycles. The first kappa shape index (κ1) is 37.9. The van der Waals surface area contributed by atoms with E-state index in [2.05, 4.69) is 12.2 Å². The van der Waals surface area contributed by atoms with Crippen LogP contribution in [0.25, 0.3) is 0 Å². The summed E-state index contributed by atoms with van der Waals surface area (Å²) < 4.78 is 22.2. The monoisotopic (exact) mass is 623 g/mol. The smallest absolute Gasteiger partial charge is 0.220 e. The Labute approximate surface area is 253 Å². The fourth-order valence-corrected chi connectivity index (χ4v) is 5.00. The Bertz CT molecular complexity index is 800. The number of nitrogens with one attached hydrogen (secondary N) is 1. The Morgan fingerprint density at radius 3 is 2.09 bits per heavy atom. The summed E-state index contributed by atoms with van der Waals surface area (Å²) in [5, 5.41) is 84.7. The van der Waals surface area contributed by atoms with Crippen molar-refractivity contribution >= 4 is 5.91 Å². The molecular formula is C29H53NO13. The minimum atomic E-state index is -1.78. The zero-order valence-corrected chi connectivity index (χ0v) is 25.2. The standard InChI is InChI=1S/C29H53NO13/c1-3-5-7-8-9-11-13-21(34)30-17(18(33)12-10-6-4-2)16-40-28-26(39)24(37)27(20(15-32)42-28)43-29-25(38)23(36)22(35)19(14-31)41-29/h10,12,17-20,22-29,31-33,35-39H,3-9,11,13-16H2,1-2H3,(H,30,34)/b12-10+. The molecule has 0 aromatic heterocycles. The fourth-order valence-electron chi connectivity index (χ4n) is 5.00. The number of hydrogen-bond acceptors (Lipinski definition) is 13. The third-order valence-corrected chi connectivity index (χ3v) is 7.71. The molecular weight excluding hydrogens is 570 g/mol. The van der Waals surface area contributed by atoms with Gasteiger partial charge < -0.3 is 65.1 Å². The van der Waals surface area contributed by atoms with E-state index in [1.165, 1.54) is 0 Å². The topological polar surface area (TPSA) is 228 Å². The lowest BCUT2D eigenvalue weighted by atomic mass is 9.97. The van der Waals surface area contributed by atoms with Crippen molar-refractivity contribution in [3.63, 3.8) is 0 Å². The minimum absolute atomic E-state index is 0.265. The van der Waals surface area contributed by atoms with Crippen molar-refractivity contribution in [2.45, 2.75) is 145 Å². The molecule has 14 heteroatoms. The van der Waals surface area contributed by atoms with Crippen molar-refractivity contribution in [1.82, 2.24) is 5.32 Å². The summed E-state index contributed by atoms with van der Waals surface area (Å²) in [6.07, 6.45) is -5.63. The summed E-state index contributed by atoms with van der Waals surface area (Å²) in [6.45, 7) is 2.40. The zero-order valence-electron chi connectivity index (χ0n) is 25.2. The maximum absolute atomic E-state index is 12.6. The van der Waals surface area contributed by atoms with E-state index in [1.54, 1.807) is 12.2 Å². The largest absolute Gasteiger partial charge is 0.394 e. The van der Waals surface area contributed by atoms with Crippen LogP contribution in [0.5, 0.6) is 0 Å². The molecule has 0 aromatic carbocycles. The fraction of sp³-hybridized carbons (Fsp3) is 0.897. The second-order valence-electron chi connectivity index (χ2n) is 11.2. The Morgan fingerprint density at radius 1 is 0.814 bits per heavy atom. The van der Waals surface area contributed by atoms with Crippen molar-refractivity contribution in [3.05, 3.63) is 12.2 Å². The predicted octanol–water partition coefficient (Wildman–Crippen LogP) is -1.42. The second-order valence-corrected chi connectivity index (χ2v) is 11.2. The number of aliphatic hydroxyl groups excluding tert-OH is 8. The first-order valence-corrected chi connectivity index (χ1v) is 15.4. The molecule has 14 nitrogen and oxygen atoms in total. The van der Waals surface area contributed by atoms with Crippen LogP contribution in [0.2, 0.25) is 0 Å². The maximum Gasteiger partial charge on any atom is 0.220 e. The van der Waals surface area contributed by atoms with Gasteiger partial charge in [0, 0.05) is 6.42 Å². The molecule has 0 aromatic rings. The predicted molar refractivity (Wildman–Crippen MR) is 152 cm³/mol. The van der Waals surface area contributed by atoms with Gasteiger partial charge in [0.2, 0.25) is 5.91 Å². The minimum Gasteiger partial charge on any atom is -0.394 e. The lowest BCUT2D eigenvalue weighted by molar-refractivity contribution is -0.359. The molecule has 0 aliphatic carbocycles. The van der Waals surface area contributed by atoms with Gasteiger partial charge in [-0.15, -0.1) is 0 Å². The van der Waals surface area contributed by atoms with Gasteiger partial charge in [0.25, 0.3) is 0 Å². The summed E-state index contributed by atoms with van der Waals surface area (Å²) in [5.41, 5.74) is 0. The average molecular weight is 624 g/mol. The summed E-state index contributed by atoms with van der Waals surface area (Å²) in [4.78, 5) is 12.6. The van der Waals surface area contributed by atoms with E-state index < -0.39 is 86.8 Å². The Balaban J connectivity index is 2.02. The van der Waals surface area contributed by atoms with Gasteiger partial charge in [-0.2, -0.15) is 0 Å². The number of aliphatic hydroxyl groups is 8. The lowest BCUT2D eigenvalue weighted by Gasteiger charge is -2.46. The molecule has 252 valence electrons. The first-order valence-electron chi connectivity index (χ1n) is 15.4. The summed E-state index contributed by atoms with van der Waals surface area (Å²) in [7, 11) is 0. The number of amides is 1. The van der Waals surface area contributed by atoms with Crippen molar-refractivity contribution in [2.75, 3.05) is 19.8 Å². The molecule has 12 unspecified atom stereocenters. The highest BCUT2D eigenvalue weighted by Gasteiger charge is 2.50. The Kier molecular flexibility index (Phi) is 17.6. The van der Waals surface area contributed by atoms with Crippen LogP contribution >= 0.6 is 0 Å². The van der Waals surface area contributed by atoms with Crippen LogP contribution < -0.4 is 5.32 Å². The molecule has 2 aliphatic rings. The van der Waals surface area contributed by atoms with Gasteiger partial charge in [-0.25, -0.2) is 0 Å². The number of carbonyl (C=O) groups excluding carboxylic acids is 1. The van der Waals surface area contributed by atoms with E-state index in [0.717, 1.165) is 44.9 Å². The van der Waals surface area contributed by atoms with E-state index in [1.807, 2.05) is 6.92 Å². The molecule has 2 rings (SSSR count). The molecule has 0 bridgehead atoms. The second kappa shape index (κ2) is 20.0. The number of ether oxygens (including phenoxy) is 4. The lowest BCUT2D eigenvalue weighted by Crippen LogP contribution is -2.65. The molecule has 2 aliphatic heterocycles. The van der Waals surface area contributed by atoms with Crippen molar-refractivity contribution in [2.24, 2.45) is 0 Å². The van der Waals surface area contributed by atoms with Gasteiger partial charge in [-0.05, 0) is 12.8 Å². The van der Waals surface area contributed by atoms with Gasteiger partial charge in [0.05, 0.1) is 32.0 Å². The van der Waals surface area contributed by atoms with E-state index >= 15 is 0 Å². The average Bonchev–Trinajstić information content (AvgIpc) is 3.00. The Hall–Kier alpha value is -1.27. The molecule has 2 saturated heterocycles. The third-order valence-electron chi connectivity index (χ3n) is 7.71. The van der Waals surface area contributed by atoms with Crippen LogP contribution in [0, 0.1) is 0 Å². The molecule has 1 amide bonds. The van der Waals surface area contributed by atoms with Crippen LogP contribution in [-0.4, -0.2) is 140 Å². The van der Waals surface area contributed by atoms with Crippen LogP contribution in [0.3, 0.4) is 0 Å². The molecule has 2 fully saturated rings. The van der Waals surface area contributed by atoms with Gasteiger partial charge in [0.15, 0.2) is 12.6 Å². The van der Waals surface area contributed by atoms with Crippen LogP contribution in [0.1, 0.15) is 71.6 Å². The van der Waals surface area contributed by atoms with Gasteiger partial charge >= 0.3 is 0 Å². The number of rotatable bonds is 19. The number of unbranched alkanes of at least 4 members (excludes halogenated alkanes) is 6. The van der Waals surface area contributed by atoms with E-state index in [4.69, 9.17) is 18.9 Å². The van der Waals surface area contributed by atoms with Gasteiger partial charge in [-0.1, -0.05) is 64.5 Å². The molecule has 0 spiro atoms. The molecule has 0 radical (unpaired) electrons. The van der Waals surface area contributed by atoms with Crippen molar-refractivity contribution in [1.29, 1.82) is 0 Å². The number of carbonyl (C=O) groups is 1. The summed E-state index contributed by atoms with van der Waals surface area (Å²) in [6, 6.07) is -0.899. The molecule has 43 heavy (non-hydrogen) atoms. The molecule has 12 atom stereocenters. The first-order chi connectivity index (χ1) is 20.6. The highest BCUT2D eigenvalue weighted by molar-refractivity contribution is 5.76. The third kappa shape index (κ3) is 11.6. The zero-order chi connectivity index (χ0) is 31.9. The quantitative estimate of drug-likeness (QED) is 0.0595. The summed E-state index contributed by atoms with van der Waals surface area (Å²) in [5.74, 6) is -0.265. The molecule has 9 N–H and O–H groups in total. The van der Waals surface area contributed by atoms with Crippen molar-refractivity contribution < 1.29 is 64.6 Å². The normalized spacial score (nSPS) is 34.7. The van der Waals surface area contributed by atoms with E-state index in [-0.39, 0.29) is 18.9 Å². The van der Waals surface area contributed by atoms with Gasteiger partial charge in [0.1, 0.15) is 48.8 Å².